The summed E-state index contributed by atoms with van der Waals surface area (Å²) in [4.78, 5) is 16.8. The van der Waals surface area contributed by atoms with E-state index in [9.17, 15) is 0 Å². The number of hydrogen-bond acceptors (Lipinski definition) is 7. The normalized spacial score (nSPS) is 19.5. The predicted molar refractivity (Wildman–Crippen MR) is 108 cm³/mol. The van der Waals surface area contributed by atoms with Crippen LogP contribution in [0.25, 0.3) is 0 Å². The Morgan fingerprint density at radius 1 is 0.857 bits per heavy atom. The standard InChI is InChI=1S/C21H27N5O2/c1-16-12-20(25-6-2-3-7-25)23-21(22-16)26-10-8-24(9-11-26)14-17-4-5-18-19(13-17)28-15-27-18/h4-5,12-13H,2-3,6-11,14-15H2,1H3. The lowest BCUT2D eigenvalue weighted by Crippen LogP contribution is -2.46. The SMILES string of the molecule is Cc1cc(N2CCCC2)nc(N2CCN(Cc3ccc4c(c3)OCO4)CC2)n1. The van der Waals surface area contributed by atoms with Crippen molar-refractivity contribution < 1.29 is 9.47 Å². The fourth-order valence-corrected chi connectivity index (χ4v) is 4.19. The number of fused-ring (bicyclic) bond motifs is 1. The maximum absolute atomic E-state index is 5.50. The Hall–Kier alpha value is -2.54. The second kappa shape index (κ2) is 7.47. The van der Waals surface area contributed by atoms with E-state index in [4.69, 9.17) is 19.4 Å². The number of aryl methyl sites for hydroxylation is 1. The molecule has 2 saturated heterocycles. The number of nitrogens with zero attached hydrogens (tertiary/aromatic N) is 5. The van der Waals surface area contributed by atoms with Crippen LogP contribution in [0.5, 0.6) is 11.5 Å². The molecular formula is C21H27N5O2. The Labute approximate surface area is 165 Å². The molecule has 7 heteroatoms. The van der Waals surface area contributed by atoms with Gasteiger partial charge in [-0.2, -0.15) is 4.98 Å². The van der Waals surface area contributed by atoms with Gasteiger partial charge in [0, 0.05) is 57.6 Å². The molecule has 0 atom stereocenters. The van der Waals surface area contributed by atoms with Gasteiger partial charge < -0.3 is 19.3 Å². The maximum atomic E-state index is 5.50. The Morgan fingerprint density at radius 2 is 1.64 bits per heavy atom. The third-order valence-electron chi connectivity index (χ3n) is 5.76. The minimum absolute atomic E-state index is 0.327. The van der Waals surface area contributed by atoms with Gasteiger partial charge in [0.05, 0.1) is 0 Å². The van der Waals surface area contributed by atoms with Crippen LogP contribution in [0.2, 0.25) is 0 Å². The quantitative estimate of drug-likeness (QED) is 0.806. The molecule has 148 valence electrons. The van der Waals surface area contributed by atoms with Crippen molar-refractivity contribution in [3.05, 3.63) is 35.5 Å². The van der Waals surface area contributed by atoms with Crippen LogP contribution in [-0.2, 0) is 6.54 Å². The Balaban J connectivity index is 1.22. The summed E-state index contributed by atoms with van der Waals surface area (Å²) in [6, 6.07) is 8.35. The summed E-state index contributed by atoms with van der Waals surface area (Å²) in [7, 11) is 0. The number of piperazine rings is 1. The minimum Gasteiger partial charge on any atom is -0.454 e. The molecular weight excluding hydrogens is 354 g/mol. The molecule has 5 rings (SSSR count). The second-order valence-corrected chi connectivity index (χ2v) is 7.81. The van der Waals surface area contributed by atoms with Crippen LogP contribution in [-0.4, -0.2) is 60.9 Å². The molecule has 3 aliphatic heterocycles. The van der Waals surface area contributed by atoms with E-state index in [0.717, 1.165) is 74.8 Å². The summed E-state index contributed by atoms with van der Waals surface area (Å²) >= 11 is 0. The molecule has 2 aromatic rings. The first-order valence-electron chi connectivity index (χ1n) is 10.2. The van der Waals surface area contributed by atoms with E-state index in [1.807, 2.05) is 6.07 Å². The summed E-state index contributed by atoms with van der Waals surface area (Å²) < 4.78 is 10.9. The third kappa shape index (κ3) is 3.58. The first kappa shape index (κ1) is 17.6. The molecule has 0 saturated carbocycles. The zero-order chi connectivity index (χ0) is 18.9. The number of ether oxygens (including phenoxy) is 2. The molecule has 0 aliphatic carbocycles. The van der Waals surface area contributed by atoms with Crippen LogP contribution < -0.4 is 19.3 Å². The Bertz CT molecular complexity index is 845. The highest BCUT2D eigenvalue weighted by atomic mass is 16.7. The third-order valence-corrected chi connectivity index (χ3v) is 5.76. The van der Waals surface area contributed by atoms with E-state index in [-0.39, 0.29) is 0 Å². The second-order valence-electron chi connectivity index (χ2n) is 7.81. The summed E-state index contributed by atoms with van der Waals surface area (Å²) in [6.45, 7) is 9.46. The largest absolute Gasteiger partial charge is 0.454 e. The number of hydrogen-bond donors (Lipinski definition) is 0. The summed E-state index contributed by atoms with van der Waals surface area (Å²) in [5.74, 6) is 3.67. The monoisotopic (exact) mass is 381 g/mol. The molecule has 28 heavy (non-hydrogen) atoms. The van der Waals surface area contributed by atoms with E-state index in [2.05, 4.69) is 39.8 Å². The van der Waals surface area contributed by atoms with Gasteiger partial charge in [-0.15, -0.1) is 0 Å². The van der Waals surface area contributed by atoms with Crippen LogP contribution in [0.3, 0.4) is 0 Å². The molecule has 1 aromatic heterocycles. The van der Waals surface area contributed by atoms with Gasteiger partial charge in [0.25, 0.3) is 0 Å². The molecule has 0 spiro atoms. The van der Waals surface area contributed by atoms with Gasteiger partial charge in [0.2, 0.25) is 12.7 Å². The zero-order valence-electron chi connectivity index (χ0n) is 16.4. The van der Waals surface area contributed by atoms with Crippen molar-refractivity contribution in [1.82, 2.24) is 14.9 Å². The fourth-order valence-electron chi connectivity index (χ4n) is 4.19. The van der Waals surface area contributed by atoms with Gasteiger partial charge in [-0.05, 0) is 37.5 Å². The van der Waals surface area contributed by atoms with Crippen LogP contribution >= 0.6 is 0 Å². The lowest BCUT2D eigenvalue weighted by molar-refractivity contribution is 0.174. The molecule has 2 fully saturated rings. The highest BCUT2D eigenvalue weighted by Crippen LogP contribution is 2.33. The average molecular weight is 381 g/mol. The molecule has 3 aliphatic rings. The van der Waals surface area contributed by atoms with Gasteiger partial charge in [-0.3, -0.25) is 4.90 Å². The highest BCUT2D eigenvalue weighted by Gasteiger charge is 2.22. The molecule has 4 heterocycles. The Kier molecular flexibility index (Phi) is 4.68. The lowest BCUT2D eigenvalue weighted by atomic mass is 10.1. The first-order chi connectivity index (χ1) is 13.7. The van der Waals surface area contributed by atoms with Gasteiger partial charge in [-0.25, -0.2) is 4.98 Å². The first-order valence-corrected chi connectivity index (χ1v) is 10.2. The maximum Gasteiger partial charge on any atom is 0.231 e. The van der Waals surface area contributed by atoms with E-state index in [1.165, 1.54) is 18.4 Å². The summed E-state index contributed by atoms with van der Waals surface area (Å²) in [5.41, 5.74) is 2.32. The Morgan fingerprint density at radius 3 is 2.46 bits per heavy atom. The van der Waals surface area contributed by atoms with Crippen molar-refractivity contribution in [2.24, 2.45) is 0 Å². The van der Waals surface area contributed by atoms with Crippen molar-refractivity contribution in [1.29, 1.82) is 0 Å². The van der Waals surface area contributed by atoms with Crippen LogP contribution in [0, 0.1) is 6.92 Å². The predicted octanol–water partition coefficient (Wildman–Crippen LogP) is 2.44. The minimum atomic E-state index is 0.327. The van der Waals surface area contributed by atoms with Gasteiger partial charge >= 0.3 is 0 Å². The van der Waals surface area contributed by atoms with E-state index in [0.29, 0.717) is 6.79 Å². The van der Waals surface area contributed by atoms with Crippen molar-refractivity contribution in [3.8, 4) is 11.5 Å². The van der Waals surface area contributed by atoms with Crippen molar-refractivity contribution >= 4 is 11.8 Å². The average Bonchev–Trinajstić information content (AvgIpc) is 3.40. The molecule has 0 radical (unpaired) electrons. The lowest BCUT2D eigenvalue weighted by Gasteiger charge is -2.35. The van der Waals surface area contributed by atoms with E-state index >= 15 is 0 Å². The van der Waals surface area contributed by atoms with Crippen molar-refractivity contribution in [2.45, 2.75) is 26.3 Å². The zero-order valence-corrected chi connectivity index (χ0v) is 16.4. The van der Waals surface area contributed by atoms with Crippen LogP contribution in [0.15, 0.2) is 24.3 Å². The van der Waals surface area contributed by atoms with E-state index < -0.39 is 0 Å². The fraction of sp³-hybridized carbons (Fsp3) is 0.524. The van der Waals surface area contributed by atoms with Gasteiger partial charge in [0.1, 0.15) is 5.82 Å². The highest BCUT2D eigenvalue weighted by molar-refractivity contribution is 5.47. The number of aromatic nitrogens is 2. The van der Waals surface area contributed by atoms with Crippen LogP contribution in [0.4, 0.5) is 11.8 Å². The molecule has 0 unspecified atom stereocenters. The van der Waals surface area contributed by atoms with Crippen molar-refractivity contribution in [3.63, 3.8) is 0 Å². The molecule has 1 aromatic carbocycles. The van der Waals surface area contributed by atoms with Crippen molar-refractivity contribution in [2.75, 3.05) is 55.9 Å². The van der Waals surface area contributed by atoms with Gasteiger partial charge in [0.15, 0.2) is 11.5 Å². The molecule has 0 bridgehead atoms. The summed E-state index contributed by atoms with van der Waals surface area (Å²) in [6.07, 6.45) is 2.52. The molecule has 7 nitrogen and oxygen atoms in total. The van der Waals surface area contributed by atoms with Crippen LogP contribution in [0.1, 0.15) is 24.1 Å². The number of anilines is 2. The number of benzene rings is 1. The topological polar surface area (TPSA) is 54.0 Å². The smallest absolute Gasteiger partial charge is 0.231 e. The molecule has 0 N–H and O–H groups in total. The number of rotatable bonds is 4. The van der Waals surface area contributed by atoms with Gasteiger partial charge in [-0.1, -0.05) is 6.07 Å². The van der Waals surface area contributed by atoms with E-state index in [1.54, 1.807) is 0 Å². The summed E-state index contributed by atoms with van der Waals surface area (Å²) in [5, 5.41) is 0. The molecule has 0 amide bonds.